The molecule has 100 valence electrons. The van der Waals surface area contributed by atoms with Gasteiger partial charge in [0.25, 0.3) is 0 Å². The predicted octanol–water partition coefficient (Wildman–Crippen LogP) is 3.12. The largest absolute Gasteiger partial charge is 0.488 e. The highest BCUT2D eigenvalue weighted by Gasteiger charge is 2.18. The van der Waals surface area contributed by atoms with E-state index in [1.807, 2.05) is 12.1 Å². The molecule has 0 spiro atoms. The molecule has 1 saturated heterocycles. The van der Waals surface area contributed by atoms with Crippen LogP contribution in [0.3, 0.4) is 0 Å². The van der Waals surface area contributed by atoms with Gasteiger partial charge in [0.1, 0.15) is 11.9 Å². The van der Waals surface area contributed by atoms with Crippen molar-refractivity contribution in [1.29, 1.82) is 0 Å². The van der Waals surface area contributed by atoms with E-state index in [2.05, 4.69) is 34.2 Å². The second kappa shape index (κ2) is 7.12. The van der Waals surface area contributed by atoms with E-state index in [-0.39, 0.29) is 6.10 Å². The molecule has 0 saturated carbocycles. The molecule has 1 aromatic rings. The third-order valence-electron chi connectivity index (χ3n) is 2.95. The van der Waals surface area contributed by atoms with Crippen molar-refractivity contribution in [1.82, 2.24) is 5.32 Å². The fourth-order valence-corrected chi connectivity index (χ4v) is 2.39. The molecule has 1 fully saturated rings. The fourth-order valence-electron chi connectivity index (χ4n) is 1.99. The van der Waals surface area contributed by atoms with Gasteiger partial charge in [-0.15, -0.1) is 0 Å². The van der Waals surface area contributed by atoms with Gasteiger partial charge >= 0.3 is 0 Å². The van der Waals surface area contributed by atoms with E-state index in [9.17, 15) is 0 Å². The maximum Gasteiger partial charge on any atom is 0.124 e. The number of nitrogens with one attached hydrogen (secondary N) is 1. The normalized spacial score (nSPS) is 19.1. The molecule has 0 amide bonds. The summed E-state index contributed by atoms with van der Waals surface area (Å²) in [6.07, 6.45) is 2.33. The summed E-state index contributed by atoms with van der Waals surface area (Å²) in [6.45, 7) is 5.55. The highest BCUT2D eigenvalue weighted by Crippen LogP contribution is 2.25. The Morgan fingerprint density at radius 2 is 2.39 bits per heavy atom. The zero-order valence-electron chi connectivity index (χ0n) is 10.7. The Kier molecular flexibility index (Phi) is 5.47. The van der Waals surface area contributed by atoms with Crippen molar-refractivity contribution in [3.63, 3.8) is 0 Å². The van der Waals surface area contributed by atoms with Crippen LogP contribution in [0.4, 0.5) is 0 Å². The third-order valence-corrected chi connectivity index (χ3v) is 3.44. The standard InChI is InChI=1S/C14H20BrNO2/c1-2-6-16-9-11-8-12(15)3-4-14(11)18-13-5-7-17-10-13/h3-4,8,13,16H,2,5-7,9-10H2,1H3. The van der Waals surface area contributed by atoms with E-state index >= 15 is 0 Å². The van der Waals surface area contributed by atoms with Crippen LogP contribution in [0.2, 0.25) is 0 Å². The van der Waals surface area contributed by atoms with Crippen LogP contribution in [-0.4, -0.2) is 25.9 Å². The lowest BCUT2D eigenvalue weighted by Gasteiger charge is -2.16. The van der Waals surface area contributed by atoms with Crippen molar-refractivity contribution < 1.29 is 9.47 Å². The molecule has 1 heterocycles. The van der Waals surface area contributed by atoms with Gasteiger partial charge in [0.15, 0.2) is 0 Å². The van der Waals surface area contributed by atoms with Crippen LogP contribution in [-0.2, 0) is 11.3 Å². The second-order valence-electron chi connectivity index (χ2n) is 4.53. The summed E-state index contributed by atoms with van der Waals surface area (Å²) < 4.78 is 12.4. The molecule has 0 radical (unpaired) electrons. The van der Waals surface area contributed by atoms with Crippen LogP contribution in [0.15, 0.2) is 22.7 Å². The number of ether oxygens (including phenoxy) is 2. The number of hydrogen-bond acceptors (Lipinski definition) is 3. The molecule has 0 bridgehead atoms. The van der Waals surface area contributed by atoms with Gasteiger partial charge in [-0.1, -0.05) is 22.9 Å². The van der Waals surface area contributed by atoms with Crippen molar-refractivity contribution in [2.45, 2.75) is 32.4 Å². The molecule has 1 aromatic carbocycles. The Hall–Kier alpha value is -0.580. The summed E-state index contributed by atoms with van der Waals surface area (Å²) in [5.41, 5.74) is 1.20. The fraction of sp³-hybridized carbons (Fsp3) is 0.571. The van der Waals surface area contributed by atoms with Crippen LogP contribution >= 0.6 is 15.9 Å². The molecular formula is C14H20BrNO2. The maximum atomic E-state index is 6.01. The Morgan fingerprint density at radius 3 is 3.11 bits per heavy atom. The third kappa shape index (κ3) is 3.97. The summed E-state index contributed by atoms with van der Waals surface area (Å²) in [6, 6.07) is 6.17. The average molecular weight is 314 g/mol. The maximum absolute atomic E-state index is 6.01. The molecule has 18 heavy (non-hydrogen) atoms. The first-order valence-electron chi connectivity index (χ1n) is 6.53. The van der Waals surface area contributed by atoms with Crippen LogP contribution < -0.4 is 10.1 Å². The van der Waals surface area contributed by atoms with Crippen molar-refractivity contribution in [2.24, 2.45) is 0 Å². The van der Waals surface area contributed by atoms with Gasteiger partial charge in [0.2, 0.25) is 0 Å². The molecule has 3 nitrogen and oxygen atoms in total. The van der Waals surface area contributed by atoms with E-state index < -0.39 is 0 Å². The van der Waals surface area contributed by atoms with E-state index in [0.717, 1.165) is 42.8 Å². The first kappa shape index (κ1) is 13.8. The first-order valence-corrected chi connectivity index (χ1v) is 7.32. The highest BCUT2D eigenvalue weighted by molar-refractivity contribution is 9.10. The molecule has 1 aliphatic rings. The number of halogens is 1. The highest BCUT2D eigenvalue weighted by atomic mass is 79.9. The van der Waals surface area contributed by atoms with Gasteiger partial charge in [0, 0.05) is 23.0 Å². The zero-order chi connectivity index (χ0) is 12.8. The lowest BCUT2D eigenvalue weighted by Crippen LogP contribution is -2.19. The van der Waals surface area contributed by atoms with Gasteiger partial charge in [-0.2, -0.15) is 0 Å². The second-order valence-corrected chi connectivity index (χ2v) is 5.45. The quantitative estimate of drug-likeness (QED) is 0.819. The molecule has 0 aliphatic carbocycles. The Bertz CT molecular complexity index is 378. The summed E-state index contributed by atoms with van der Waals surface area (Å²) >= 11 is 3.51. The lowest BCUT2D eigenvalue weighted by molar-refractivity contribution is 0.140. The number of hydrogen-bond donors (Lipinski definition) is 1. The molecule has 1 N–H and O–H groups in total. The molecule has 1 atom stereocenters. The van der Waals surface area contributed by atoms with E-state index in [4.69, 9.17) is 9.47 Å². The Morgan fingerprint density at radius 1 is 1.50 bits per heavy atom. The van der Waals surface area contributed by atoms with Crippen molar-refractivity contribution >= 4 is 15.9 Å². The first-order chi connectivity index (χ1) is 8.79. The lowest BCUT2D eigenvalue weighted by atomic mass is 10.2. The minimum absolute atomic E-state index is 0.205. The SMILES string of the molecule is CCCNCc1cc(Br)ccc1OC1CCOC1. The molecule has 4 heteroatoms. The monoisotopic (exact) mass is 313 g/mol. The van der Waals surface area contributed by atoms with Gasteiger partial charge < -0.3 is 14.8 Å². The van der Waals surface area contributed by atoms with E-state index in [1.165, 1.54) is 5.56 Å². The summed E-state index contributed by atoms with van der Waals surface area (Å²) in [5, 5.41) is 3.41. The molecule has 1 unspecified atom stereocenters. The van der Waals surface area contributed by atoms with Crippen molar-refractivity contribution in [3.05, 3.63) is 28.2 Å². The summed E-state index contributed by atoms with van der Waals surface area (Å²) in [7, 11) is 0. The summed E-state index contributed by atoms with van der Waals surface area (Å²) in [4.78, 5) is 0. The van der Waals surface area contributed by atoms with E-state index in [0.29, 0.717) is 6.61 Å². The van der Waals surface area contributed by atoms with Crippen molar-refractivity contribution in [2.75, 3.05) is 19.8 Å². The minimum atomic E-state index is 0.205. The van der Waals surface area contributed by atoms with Crippen LogP contribution in [0, 0.1) is 0 Å². The molecule has 1 aliphatic heterocycles. The zero-order valence-corrected chi connectivity index (χ0v) is 12.3. The predicted molar refractivity (Wildman–Crippen MR) is 76.0 cm³/mol. The van der Waals surface area contributed by atoms with Gasteiger partial charge in [-0.3, -0.25) is 0 Å². The minimum Gasteiger partial charge on any atom is -0.488 e. The van der Waals surface area contributed by atoms with Crippen LogP contribution in [0.25, 0.3) is 0 Å². The van der Waals surface area contributed by atoms with Crippen molar-refractivity contribution in [3.8, 4) is 5.75 Å². The number of rotatable bonds is 6. The van der Waals surface area contributed by atoms with Crippen LogP contribution in [0.1, 0.15) is 25.3 Å². The van der Waals surface area contributed by atoms with Gasteiger partial charge in [-0.05, 0) is 31.2 Å². The smallest absolute Gasteiger partial charge is 0.124 e. The van der Waals surface area contributed by atoms with Gasteiger partial charge in [-0.25, -0.2) is 0 Å². The Labute approximate surface area is 117 Å². The average Bonchev–Trinajstić information content (AvgIpc) is 2.86. The Balaban J connectivity index is 2.02. The number of benzene rings is 1. The molecule has 2 rings (SSSR count). The molecule has 0 aromatic heterocycles. The van der Waals surface area contributed by atoms with Gasteiger partial charge in [0.05, 0.1) is 13.2 Å². The summed E-state index contributed by atoms with van der Waals surface area (Å²) in [5.74, 6) is 0.970. The van der Waals surface area contributed by atoms with E-state index in [1.54, 1.807) is 0 Å². The molecular weight excluding hydrogens is 294 g/mol. The topological polar surface area (TPSA) is 30.5 Å². The van der Waals surface area contributed by atoms with Crippen LogP contribution in [0.5, 0.6) is 5.75 Å².